The van der Waals surface area contributed by atoms with Gasteiger partial charge >= 0.3 is 5.97 Å². The first-order valence-corrected chi connectivity index (χ1v) is 8.34. The quantitative estimate of drug-likeness (QED) is 0.772. The molecule has 1 heterocycles. The van der Waals surface area contributed by atoms with Gasteiger partial charge in [0.25, 0.3) is 0 Å². The van der Waals surface area contributed by atoms with Gasteiger partial charge in [-0.15, -0.1) is 0 Å². The van der Waals surface area contributed by atoms with Crippen molar-refractivity contribution in [3.05, 3.63) is 28.7 Å². The first-order valence-electron chi connectivity index (χ1n) is 5.73. The molecule has 0 aliphatic carbocycles. The van der Waals surface area contributed by atoms with Crippen LogP contribution in [0.25, 0.3) is 0 Å². The molecule has 1 aromatic carbocycles. The maximum atomic E-state index is 11.5. The van der Waals surface area contributed by atoms with Gasteiger partial charge in [-0.25, -0.2) is 13.2 Å². The van der Waals surface area contributed by atoms with Gasteiger partial charge in [-0.1, -0.05) is 22.0 Å². The molecule has 7 heteroatoms. The summed E-state index contributed by atoms with van der Waals surface area (Å²) in [5, 5.41) is 0. The van der Waals surface area contributed by atoms with Crippen molar-refractivity contribution in [3.8, 4) is 5.75 Å². The molecule has 1 fully saturated rings. The van der Waals surface area contributed by atoms with Crippen molar-refractivity contribution in [2.75, 3.05) is 18.1 Å². The Morgan fingerprint density at radius 1 is 1.42 bits per heavy atom. The molecule has 0 amide bonds. The summed E-state index contributed by atoms with van der Waals surface area (Å²) in [5.41, 5.74) is 0. The van der Waals surface area contributed by atoms with Gasteiger partial charge in [0.2, 0.25) is 0 Å². The molecule has 1 saturated heterocycles. The molecule has 0 saturated carbocycles. The fraction of sp³-hybridized carbons (Fsp3) is 0.417. The van der Waals surface area contributed by atoms with E-state index < -0.39 is 21.9 Å². The van der Waals surface area contributed by atoms with E-state index in [0.717, 1.165) is 4.47 Å². The van der Waals surface area contributed by atoms with E-state index in [0.29, 0.717) is 12.2 Å². The average molecular weight is 349 g/mol. The zero-order chi connectivity index (χ0) is 13.9. The largest absolute Gasteiger partial charge is 0.482 e. The van der Waals surface area contributed by atoms with E-state index in [2.05, 4.69) is 15.9 Å². The van der Waals surface area contributed by atoms with Crippen molar-refractivity contribution in [1.29, 1.82) is 0 Å². The highest BCUT2D eigenvalue weighted by Gasteiger charge is 2.30. The first-order chi connectivity index (χ1) is 8.94. The Labute approximate surface area is 119 Å². The maximum Gasteiger partial charge on any atom is 0.344 e. The molecule has 1 atom stereocenters. The molecule has 0 unspecified atom stereocenters. The minimum absolute atomic E-state index is 0.0808. The average Bonchev–Trinajstić information content (AvgIpc) is 2.66. The molecule has 1 aromatic rings. The van der Waals surface area contributed by atoms with Crippen LogP contribution >= 0.6 is 15.9 Å². The smallest absolute Gasteiger partial charge is 0.344 e. The lowest BCUT2D eigenvalue weighted by atomic mass is 10.3. The monoisotopic (exact) mass is 348 g/mol. The number of esters is 1. The van der Waals surface area contributed by atoms with Gasteiger partial charge in [0, 0.05) is 4.47 Å². The minimum atomic E-state index is -3.04. The van der Waals surface area contributed by atoms with E-state index in [1.807, 2.05) is 6.07 Å². The minimum Gasteiger partial charge on any atom is -0.482 e. The molecular formula is C12H13BrO5S. The van der Waals surface area contributed by atoms with Gasteiger partial charge in [0.05, 0.1) is 11.5 Å². The number of halogens is 1. The normalized spacial score (nSPS) is 21.0. The van der Waals surface area contributed by atoms with Gasteiger partial charge in [-0.05, 0) is 24.6 Å². The summed E-state index contributed by atoms with van der Waals surface area (Å²) in [6.45, 7) is -0.229. The van der Waals surface area contributed by atoms with Crippen molar-refractivity contribution in [2.45, 2.75) is 12.5 Å². The van der Waals surface area contributed by atoms with Crippen LogP contribution in [0, 0.1) is 0 Å². The second-order valence-electron chi connectivity index (χ2n) is 4.26. The van der Waals surface area contributed by atoms with Crippen molar-refractivity contribution in [2.24, 2.45) is 0 Å². The fourth-order valence-electron chi connectivity index (χ4n) is 1.77. The highest BCUT2D eigenvalue weighted by atomic mass is 79.9. The topological polar surface area (TPSA) is 69.7 Å². The third kappa shape index (κ3) is 4.50. The molecule has 104 valence electrons. The van der Waals surface area contributed by atoms with Crippen LogP contribution < -0.4 is 4.74 Å². The Hall–Kier alpha value is -1.08. The van der Waals surface area contributed by atoms with E-state index in [1.165, 1.54) is 0 Å². The Morgan fingerprint density at radius 2 is 2.21 bits per heavy atom. The predicted molar refractivity (Wildman–Crippen MR) is 72.8 cm³/mol. The van der Waals surface area contributed by atoms with Crippen molar-refractivity contribution >= 4 is 31.7 Å². The van der Waals surface area contributed by atoms with E-state index in [1.54, 1.807) is 18.2 Å². The van der Waals surface area contributed by atoms with E-state index in [4.69, 9.17) is 9.47 Å². The molecule has 1 aliphatic rings. The van der Waals surface area contributed by atoms with E-state index in [-0.39, 0.29) is 18.1 Å². The standard InChI is InChI=1S/C12H13BrO5S/c13-9-2-1-3-10(6-9)17-7-12(14)18-11-4-5-19(15,16)8-11/h1-3,6,11H,4-5,7-8H2/t11-/m1/s1. The SMILES string of the molecule is O=C(COc1cccc(Br)c1)O[C@@H]1CCS(=O)(=O)C1. The Kier molecular flexibility index (Phi) is 4.46. The van der Waals surface area contributed by atoms with Crippen LogP contribution in [0.4, 0.5) is 0 Å². The number of benzene rings is 1. The fourth-order valence-corrected chi connectivity index (χ4v) is 3.74. The number of sulfone groups is 1. The number of carbonyl (C=O) groups excluding carboxylic acids is 1. The molecular weight excluding hydrogens is 336 g/mol. The van der Waals surface area contributed by atoms with E-state index in [9.17, 15) is 13.2 Å². The van der Waals surface area contributed by atoms with Crippen molar-refractivity contribution in [3.63, 3.8) is 0 Å². The third-order valence-electron chi connectivity index (χ3n) is 2.64. The zero-order valence-corrected chi connectivity index (χ0v) is 12.4. The first kappa shape index (κ1) is 14.3. The van der Waals surface area contributed by atoms with Gasteiger partial charge < -0.3 is 9.47 Å². The molecule has 1 aliphatic heterocycles. The van der Waals surface area contributed by atoms with Crippen LogP contribution in [0.3, 0.4) is 0 Å². The summed E-state index contributed by atoms with van der Waals surface area (Å²) in [5.74, 6) is -0.0139. The lowest BCUT2D eigenvalue weighted by Crippen LogP contribution is -2.23. The lowest BCUT2D eigenvalue weighted by Gasteiger charge is -2.11. The van der Waals surface area contributed by atoms with Gasteiger partial charge in [0.1, 0.15) is 11.9 Å². The molecule has 0 bridgehead atoms. The summed E-state index contributed by atoms with van der Waals surface area (Å²) in [7, 11) is -3.04. The van der Waals surface area contributed by atoms with Crippen LogP contribution in [0.5, 0.6) is 5.75 Å². The predicted octanol–water partition coefficient (Wildman–Crippen LogP) is 1.56. The molecule has 19 heavy (non-hydrogen) atoms. The highest BCUT2D eigenvalue weighted by Crippen LogP contribution is 2.18. The molecule has 0 spiro atoms. The Balaban J connectivity index is 1.79. The summed E-state index contributed by atoms with van der Waals surface area (Å²) in [6, 6.07) is 7.08. The number of carbonyl (C=O) groups is 1. The molecule has 0 N–H and O–H groups in total. The summed E-state index contributed by atoms with van der Waals surface area (Å²) in [4.78, 5) is 11.5. The second-order valence-corrected chi connectivity index (χ2v) is 7.41. The van der Waals surface area contributed by atoms with Crippen LogP contribution in [-0.4, -0.2) is 38.6 Å². The second kappa shape index (κ2) is 5.92. The third-order valence-corrected chi connectivity index (χ3v) is 4.87. The Bertz CT molecular complexity index is 569. The van der Waals surface area contributed by atoms with Gasteiger partial charge in [0.15, 0.2) is 16.4 Å². The Morgan fingerprint density at radius 3 is 2.84 bits per heavy atom. The van der Waals surface area contributed by atoms with Gasteiger partial charge in [-0.2, -0.15) is 0 Å². The summed E-state index contributed by atoms with van der Waals surface area (Å²) < 4.78 is 33.6. The van der Waals surface area contributed by atoms with Crippen LogP contribution in [0.1, 0.15) is 6.42 Å². The van der Waals surface area contributed by atoms with Gasteiger partial charge in [-0.3, -0.25) is 0 Å². The number of rotatable bonds is 4. The zero-order valence-electron chi connectivity index (χ0n) is 10.0. The van der Waals surface area contributed by atoms with Crippen molar-refractivity contribution < 1.29 is 22.7 Å². The highest BCUT2D eigenvalue weighted by molar-refractivity contribution is 9.10. The summed E-state index contributed by atoms with van der Waals surface area (Å²) >= 11 is 3.29. The molecule has 5 nitrogen and oxygen atoms in total. The lowest BCUT2D eigenvalue weighted by molar-refractivity contribution is -0.150. The van der Waals surface area contributed by atoms with Crippen LogP contribution in [0.15, 0.2) is 28.7 Å². The summed E-state index contributed by atoms with van der Waals surface area (Å²) in [6.07, 6.45) is -0.172. The number of ether oxygens (including phenoxy) is 2. The van der Waals surface area contributed by atoms with E-state index >= 15 is 0 Å². The van der Waals surface area contributed by atoms with Crippen LogP contribution in [0.2, 0.25) is 0 Å². The molecule has 0 aromatic heterocycles. The maximum absolute atomic E-state index is 11.5. The van der Waals surface area contributed by atoms with Crippen molar-refractivity contribution in [1.82, 2.24) is 0 Å². The molecule has 2 rings (SSSR count). The number of hydrogen-bond acceptors (Lipinski definition) is 5. The van der Waals surface area contributed by atoms with Crippen LogP contribution in [-0.2, 0) is 19.4 Å². The molecule has 0 radical (unpaired) electrons. The number of hydrogen-bond donors (Lipinski definition) is 0.